The number of carbonyl (C=O) groups is 1. The molecule has 1 aliphatic carbocycles. The summed E-state index contributed by atoms with van der Waals surface area (Å²) in [6.45, 7) is 0. The fraction of sp³-hybridized carbons (Fsp3) is 0.429. The highest BCUT2D eigenvalue weighted by Crippen LogP contribution is 2.30. The third kappa shape index (κ3) is 0.861. The molecule has 0 aliphatic heterocycles. The zero-order chi connectivity index (χ0) is 8.72. The van der Waals surface area contributed by atoms with Gasteiger partial charge in [0.1, 0.15) is 11.7 Å². The van der Waals surface area contributed by atoms with Crippen molar-refractivity contribution < 1.29 is 14.3 Å². The molecule has 0 amide bonds. The molecule has 1 aliphatic rings. The second-order valence-corrected chi connectivity index (χ2v) is 2.78. The largest absolute Gasteiger partial charge is 0.481 e. The molecule has 0 saturated heterocycles. The molecule has 2 rings (SSSR count). The zero-order valence-corrected chi connectivity index (χ0v) is 6.16. The van der Waals surface area contributed by atoms with E-state index < -0.39 is 17.6 Å². The Bertz CT molecular complexity index is 375. The lowest BCUT2D eigenvalue weighted by Crippen LogP contribution is -2.10. The van der Waals surface area contributed by atoms with E-state index in [9.17, 15) is 9.59 Å². The van der Waals surface area contributed by atoms with Crippen molar-refractivity contribution in [3.05, 3.63) is 22.0 Å². The Balaban J connectivity index is 2.47. The van der Waals surface area contributed by atoms with E-state index in [4.69, 9.17) is 9.52 Å². The van der Waals surface area contributed by atoms with Crippen LogP contribution in [0.2, 0.25) is 0 Å². The maximum atomic E-state index is 10.7. The highest BCUT2D eigenvalue weighted by atomic mass is 16.4. The van der Waals surface area contributed by atoms with Crippen LogP contribution in [0, 0.1) is 0 Å². The van der Waals surface area contributed by atoms with Gasteiger partial charge in [-0.3, -0.25) is 9.78 Å². The summed E-state index contributed by atoms with van der Waals surface area (Å²) in [6.07, 6.45) is 1.05. The molecular weight excluding hydrogens is 162 g/mol. The summed E-state index contributed by atoms with van der Waals surface area (Å²) in [6, 6.07) is 0. The van der Waals surface area contributed by atoms with E-state index in [1.165, 1.54) is 0 Å². The van der Waals surface area contributed by atoms with Gasteiger partial charge in [0.05, 0.1) is 5.69 Å². The van der Waals surface area contributed by atoms with E-state index in [0.717, 1.165) is 0 Å². The van der Waals surface area contributed by atoms with E-state index in [2.05, 4.69) is 4.98 Å². The molecule has 12 heavy (non-hydrogen) atoms. The molecule has 1 aromatic rings. The van der Waals surface area contributed by atoms with Gasteiger partial charge in [-0.15, -0.1) is 0 Å². The number of carboxylic acids is 1. The number of aromatic nitrogens is 1. The fourth-order valence-electron chi connectivity index (χ4n) is 1.51. The number of carboxylic acid groups (broad SMARTS) is 1. The van der Waals surface area contributed by atoms with Crippen molar-refractivity contribution in [3.63, 3.8) is 0 Å². The number of aromatic amines is 1. The highest BCUT2D eigenvalue weighted by molar-refractivity contribution is 5.76. The van der Waals surface area contributed by atoms with Crippen molar-refractivity contribution in [2.75, 3.05) is 0 Å². The number of aliphatic carboxylic acids is 1. The third-order valence-corrected chi connectivity index (χ3v) is 2.06. The Kier molecular flexibility index (Phi) is 1.33. The third-order valence-electron chi connectivity index (χ3n) is 2.06. The van der Waals surface area contributed by atoms with Crippen molar-refractivity contribution in [3.8, 4) is 0 Å². The first-order chi connectivity index (χ1) is 5.68. The van der Waals surface area contributed by atoms with Crippen molar-refractivity contribution in [2.24, 2.45) is 0 Å². The number of rotatable bonds is 1. The Morgan fingerprint density at radius 2 is 2.42 bits per heavy atom. The zero-order valence-electron chi connectivity index (χ0n) is 6.16. The average Bonchev–Trinajstić information content (AvgIpc) is 2.43. The molecule has 1 atom stereocenters. The van der Waals surface area contributed by atoms with Crippen LogP contribution in [-0.2, 0) is 11.2 Å². The first-order valence-corrected chi connectivity index (χ1v) is 3.63. The molecule has 0 radical (unpaired) electrons. The van der Waals surface area contributed by atoms with Gasteiger partial charge in [0.25, 0.3) is 0 Å². The standard InChI is InChI=1S/C7H7NO4/c9-6(10)3-1-2-4-5(3)8-7(11)12-4/h3H,1-2H2,(H,8,11)(H,9,10). The van der Waals surface area contributed by atoms with Gasteiger partial charge in [0.2, 0.25) is 0 Å². The summed E-state index contributed by atoms with van der Waals surface area (Å²) in [5, 5.41) is 8.71. The van der Waals surface area contributed by atoms with Crippen LogP contribution in [0.5, 0.6) is 0 Å². The van der Waals surface area contributed by atoms with Gasteiger partial charge in [-0.2, -0.15) is 0 Å². The van der Waals surface area contributed by atoms with Crippen LogP contribution in [0.25, 0.3) is 0 Å². The SMILES string of the molecule is O=C(O)C1CCc2oc(=O)[nH]c21. The van der Waals surface area contributed by atoms with Crippen molar-refractivity contribution in [1.82, 2.24) is 4.98 Å². The molecule has 2 N–H and O–H groups in total. The van der Waals surface area contributed by atoms with Gasteiger partial charge in [0.15, 0.2) is 0 Å². The topological polar surface area (TPSA) is 83.3 Å². The number of hydrogen-bond donors (Lipinski definition) is 2. The number of hydrogen-bond acceptors (Lipinski definition) is 3. The van der Waals surface area contributed by atoms with Gasteiger partial charge < -0.3 is 9.52 Å². The number of fused-ring (bicyclic) bond motifs is 1. The predicted octanol–water partition coefficient (Wildman–Crippen LogP) is 0.0823. The normalized spacial score (nSPS) is 20.8. The van der Waals surface area contributed by atoms with E-state index >= 15 is 0 Å². The molecule has 0 bridgehead atoms. The highest BCUT2D eigenvalue weighted by Gasteiger charge is 2.32. The number of oxazole rings is 1. The van der Waals surface area contributed by atoms with Crippen LogP contribution in [0.1, 0.15) is 23.8 Å². The smallest absolute Gasteiger partial charge is 0.416 e. The fourth-order valence-corrected chi connectivity index (χ4v) is 1.51. The molecule has 0 aromatic carbocycles. The van der Waals surface area contributed by atoms with Crippen LogP contribution in [0.3, 0.4) is 0 Å². The number of aryl methyl sites for hydroxylation is 1. The monoisotopic (exact) mass is 169 g/mol. The molecule has 0 saturated carbocycles. The molecule has 1 aromatic heterocycles. The van der Waals surface area contributed by atoms with E-state index in [0.29, 0.717) is 24.3 Å². The average molecular weight is 169 g/mol. The Morgan fingerprint density at radius 1 is 1.67 bits per heavy atom. The minimum absolute atomic E-state index is 0.438. The van der Waals surface area contributed by atoms with Crippen LogP contribution >= 0.6 is 0 Å². The van der Waals surface area contributed by atoms with Gasteiger partial charge in [-0.1, -0.05) is 0 Å². The van der Waals surface area contributed by atoms with E-state index in [1.807, 2.05) is 0 Å². The molecule has 0 spiro atoms. The van der Waals surface area contributed by atoms with Crippen molar-refractivity contribution in [2.45, 2.75) is 18.8 Å². The van der Waals surface area contributed by atoms with Crippen LogP contribution in [-0.4, -0.2) is 16.1 Å². The minimum Gasteiger partial charge on any atom is -0.481 e. The molecule has 1 unspecified atom stereocenters. The molecule has 0 fully saturated rings. The van der Waals surface area contributed by atoms with Crippen LogP contribution in [0.4, 0.5) is 0 Å². The first kappa shape index (κ1) is 7.15. The number of H-pyrrole nitrogens is 1. The molecule has 64 valence electrons. The minimum atomic E-state index is -0.911. The van der Waals surface area contributed by atoms with Gasteiger partial charge >= 0.3 is 11.7 Å². The first-order valence-electron chi connectivity index (χ1n) is 3.63. The van der Waals surface area contributed by atoms with Gasteiger partial charge in [-0.05, 0) is 6.42 Å². The summed E-state index contributed by atoms with van der Waals surface area (Å²) in [5.74, 6) is -1.57. The summed E-state index contributed by atoms with van der Waals surface area (Å²) in [4.78, 5) is 23.7. The summed E-state index contributed by atoms with van der Waals surface area (Å²) < 4.78 is 4.73. The second kappa shape index (κ2) is 2.23. The number of nitrogens with one attached hydrogen (secondary N) is 1. The van der Waals surface area contributed by atoms with Crippen LogP contribution in [0.15, 0.2) is 9.21 Å². The summed E-state index contributed by atoms with van der Waals surface area (Å²) in [5.41, 5.74) is 0.438. The Hall–Kier alpha value is -1.52. The van der Waals surface area contributed by atoms with Crippen LogP contribution < -0.4 is 5.76 Å². The molecule has 5 heteroatoms. The quantitative estimate of drug-likeness (QED) is 0.623. The maximum Gasteiger partial charge on any atom is 0.416 e. The summed E-state index contributed by atoms with van der Waals surface area (Å²) in [7, 11) is 0. The Labute approximate surface area is 67.0 Å². The maximum absolute atomic E-state index is 10.7. The van der Waals surface area contributed by atoms with E-state index in [-0.39, 0.29) is 0 Å². The van der Waals surface area contributed by atoms with Crippen molar-refractivity contribution >= 4 is 5.97 Å². The molecule has 5 nitrogen and oxygen atoms in total. The van der Waals surface area contributed by atoms with E-state index in [1.54, 1.807) is 0 Å². The lowest BCUT2D eigenvalue weighted by Gasteiger charge is -1.99. The lowest BCUT2D eigenvalue weighted by atomic mass is 10.1. The predicted molar refractivity (Wildman–Crippen MR) is 38.0 cm³/mol. The lowest BCUT2D eigenvalue weighted by molar-refractivity contribution is -0.138. The summed E-state index contributed by atoms with van der Waals surface area (Å²) >= 11 is 0. The second-order valence-electron chi connectivity index (χ2n) is 2.78. The molecule has 1 heterocycles. The van der Waals surface area contributed by atoms with Gasteiger partial charge in [-0.25, -0.2) is 4.79 Å². The molecular formula is C7H7NO4. The van der Waals surface area contributed by atoms with Crippen molar-refractivity contribution in [1.29, 1.82) is 0 Å². The van der Waals surface area contributed by atoms with Gasteiger partial charge in [0, 0.05) is 6.42 Å². The Morgan fingerprint density at radius 3 is 3.08 bits per heavy atom.